The van der Waals surface area contributed by atoms with E-state index in [9.17, 15) is 4.79 Å². The Bertz CT molecular complexity index is 428. The molecule has 0 amide bonds. The second kappa shape index (κ2) is 7.01. The third-order valence-corrected chi connectivity index (χ3v) is 3.04. The third kappa shape index (κ3) is 3.63. The van der Waals surface area contributed by atoms with Crippen molar-refractivity contribution in [2.45, 2.75) is 33.1 Å². The van der Waals surface area contributed by atoms with Gasteiger partial charge in [-0.05, 0) is 30.0 Å². The van der Waals surface area contributed by atoms with Crippen LogP contribution < -0.4 is 4.74 Å². The molecule has 4 heteroatoms. The zero-order chi connectivity index (χ0) is 13.7. The van der Waals surface area contributed by atoms with Crippen molar-refractivity contribution in [3.8, 4) is 5.75 Å². The lowest BCUT2D eigenvalue weighted by Crippen LogP contribution is -2.09. The van der Waals surface area contributed by atoms with Crippen molar-refractivity contribution in [2.75, 3.05) is 12.5 Å². The Balaban J connectivity index is 3.32. The number of hydrogen-bond donors (Lipinski definition) is 0. The fraction of sp³-hybridized carbons (Fsp3) is 0.500. The van der Waals surface area contributed by atoms with Gasteiger partial charge >= 0.3 is 0 Å². The van der Waals surface area contributed by atoms with Crippen molar-refractivity contribution >= 4 is 29.0 Å². The Hall–Kier alpha value is -0.730. The minimum atomic E-state index is -0.160. The normalized spacial score (nSPS) is 10.8. The topological polar surface area (TPSA) is 26.3 Å². The van der Waals surface area contributed by atoms with Crippen LogP contribution in [0.25, 0.3) is 0 Å². The van der Waals surface area contributed by atoms with Gasteiger partial charge in [-0.3, -0.25) is 4.79 Å². The number of alkyl halides is 1. The van der Waals surface area contributed by atoms with Gasteiger partial charge < -0.3 is 4.74 Å². The van der Waals surface area contributed by atoms with E-state index in [-0.39, 0.29) is 17.6 Å². The van der Waals surface area contributed by atoms with E-state index in [2.05, 4.69) is 0 Å². The highest BCUT2D eigenvalue weighted by molar-refractivity contribution is 6.33. The average Bonchev–Trinajstić information content (AvgIpc) is 2.35. The van der Waals surface area contributed by atoms with Gasteiger partial charge in [0.05, 0.1) is 18.1 Å². The molecule has 0 atom stereocenters. The molecule has 0 N–H and O–H groups in total. The Morgan fingerprint density at radius 2 is 2.06 bits per heavy atom. The van der Waals surface area contributed by atoms with Crippen molar-refractivity contribution < 1.29 is 9.53 Å². The molecule has 0 aliphatic carbocycles. The van der Waals surface area contributed by atoms with Gasteiger partial charge in [-0.2, -0.15) is 0 Å². The van der Waals surface area contributed by atoms with Crippen LogP contribution in [0.2, 0.25) is 5.02 Å². The minimum Gasteiger partial charge on any atom is -0.493 e. The SMILES string of the molecule is CCCOc1c(C(=O)CCl)cc(Cl)cc1C(C)C. The van der Waals surface area contributed by atoms with Gasteiger partial charge in [-0.15, -0.1) is 11.6 Å². The highest BCUT2D eigenvalue weighted by atomic mass is 35.5. The van der Waals surface area contributed by atoms with Gasteiger partial charge in [-0.25, -0.2) is 0 Å². The monoisotopic (exact) mass is 288 g/mol. The van der Waals surface area contributed by atoms with Gasteiger partial charge in [0, 0.05) is 5.02 Å². The van der Waals surface area contributed by atoms with Crippen LogP contribution in [-0.2, 0) is 0 Å². The molecule has 1 aromatic rings. The quantitative estimate of drug-likeness (QED) is 0.561. The number of rotatable bonds is 6. The van der Waals surface area contributed by atoms with E-state index in [1.165, 1.54) is 0 Å². The van der Waals surface area contributed by atoms with E-state index >= 15 is 0 Å². The van der Waals surface area contributed by atoms with Gasteiger partial charge in [-0.1, -0.05) is 32.4 Å². The standard InChI is InChI=1S/C14H18Cl2O2/c1-4-5-18-14-11(9(2)3)6-10(16)7-12(14)13(17)8-15/h6-7,9H,4-5,8H2,1-3H3. The molecule has 1 aromatic carbocycles. The van der Waals surface area contributed by atoms with Gasteiger partial charge in [0.1, 0.15) is 5.75 Å². The maximum atomic E-state index is 11.9. The van der Waals surface area contributed by atoms with Crippen molar-refractivity contribution in [1.82, 2.24) is 0 Å². The number of Topliss-reactive ketones (excluding diaryl/α,β-unsaturated/α-hetero) is 1. The van der Waals surface area contributed by atoms with Gasteiger partial charge in [0.15, 0.2) is 5.78 Å². The van der Waals surface area contributed by atoms with Gasteiger partial charge in [0.25, 0.3) is 0 Å². The Morgan fingerprint density at radius 3 is 2.56 bits per heavy atom. The highest BCUT2D eigenvalue weighted by Crippen LogP contribution is 2.34. The fourth-order valence-electron chi connectivity index (χ4n) is 1.69. The summed E-state index contributed by atoms with van der Waals surface area (Å²) in [5, 5.41) is 0.538. The lowest BCUT2D eigenvalue weighted by atomic mass is 9.97. The van der Waals surface area contributed by atoms with Crippen LogP contribution in [0.5, 0.6) is 5.75 Å². The van der Waals surface area contributed by atoms with Crippen molar-refractivity contribution in [1.29, 1.82) is 0 Å². The smallest absolute Gasteiger partial charge is 0.181 e. The van der Waals surface area contributed by atoms with Crippen LogP contribution in [-0.4, -0.2) is 18.3 Å². The molecule has 0 spiro atoms. The summed E-state index contributed by atoms with van der Waals surface area (Å²) >= 11 is 11.7. The summed E-state index contributed by atoms with van der Waals surface area (Å²) in [4.78, 5) is 11.9. The summed E-state index contributed by atoms with van der Waals surface area (Å²) in [5.74, 6) is 0.631. The molecule has 0 heterocycles. The molecule has 0 radical (unpaired) electrons. The Kier molecular flexibility index (Phi) is 5.97. The molecule has 0 aromatic heterocycles. The third-order valence-electron chi connectivity index (χ3n) is 2.58. The molecule has 0 bridgehead atoms. The predicted molar refractivity (Wildman–Crippen MR) is 76.4 cm³/mol. The highest BCUT2D eigenvalue weighted by Gasteiger charge is 2.19. The first-order valence-corrected chi connectivity index (χ1v) is 6.97. The van der Waals surface area contributed by atoms with E-state index in [0.29, 0.717) is 22.9 Å². The number of ketones is 1. The summed E-state index contributed by atoms with van der Waals surface area (Å²) in [5.41, 5.74) is 1.43. The summed E-state index contributed by atoms with van der Waals surface area (Å²) in [6, 6.07) is 3.48. The zero-order valence-electron chi connectivity index (χ0n) is 10.9. The fourth-order valence-corrected chi connectivity index (χ4v) is 2.06. The summed E-state index contributed by atoms with van der Waals surface area (Å²) in [6.45, 7) is 6.68. The predicted octanol–water partition coefficient (Wildman–Crippen LogP) is 4.67. The summed E-state index contributed by atoms with van der Waals surface area (Å²) in [7, 11) is 0. The average molecular weight is 289 g/mol. The number of ether oxygens (including phenoxy) is 1. The Morgan fingerprint density at radius 1 is 1.39 bits per heavy atom. The molecular weight excluding hydrogens is 271 g/mol. The number of carbonyl (C=O) groups excluding carboxylic acids is 1. The van der Waals surface area contributed by atoms with Crippen LogP contribution in [0.3, 0.4) is 0 Å². The van der Waals surface area contributed by atoms with Gasteiger partial charge in [0.2, 0.25) is 0 Å². The maximum Gasteiger partial charge on any atom is 0.181 e. The van der Waals surface area contributed by atoms with Crippen LogP contribution in [0, 0.1) is 0 Å². The van der Waals surface area contributed by atoms with Crippen molar-refractivity contribution in [3.63, 3.8) is 0 Å². The molecule has 0 unspecified atom stereocenters. The lowest BCUT2D eigenvalue weighted by Gasteiger charge is -2.17. The van der Waals surface area contributed by atoms with E-state index < -0.39 is 0 Å². The first kappa shape index (κ1) is 15.3. The van der Waals surface area contributed by atoms with Crippen LogP contribution in [0.15, 0.2) is 12.1 Å². The molecule has 2 nitrogen and oxygen atoms in total. The molecule has 0 aliphatic rings. The molecule has 18 heavy (non-hydrogen) atoms. The zero-order valence-corrected chi connectivity index (χ0v) is 12.4. The molecule has 1 rings (SSSR count). The Labute approximate surface area is 118 Å². The van der Waals surface area contributed by atoms with Crippen molar-refractivity contribution in [2.24, 2.45) is 0 Å². The summed E-state index contributed by atoms with van der Waals surface area (Å²) in [6.07, 6.45) is 0.884. The summed E-state index contributed by atoms with van der Waals surface area (Å²) < 4.78 is 5.72. The number of hydrogen-bond acceptors (Lipinski definition) is 2. The van der Waals surface area contributed by atoms with Crippen molar-refractivity contribution in [3.05, 3.63) is 28.3 Å². The first-order chi connectivity index (χ1) is 8.51. The van der Waals surface area contributed by atoms with E-state index in [4.69, 9.17) is 27.9 Å². The largest absolute Gasteiger partial charge is 0.493 e. The lowest BCUT2D eigenvalue weighted by molar-refractivity contribution is 0.101. The van der Waals surface area contributed by atoms with E-state index in [0.717, 1.165) is 12.0 Å². The van der Waals surface area contributed by atoms with E-state index in [1.54, 1.807) is 6.07 Å². The number of carbonyl (C=O) groups is 1. The first-order valence-electron chi connectivity index (χ1n) is 6.06. The van der Waals surface area contributed by atoms with Crippen LogP contribution >= 0.6 is 23.2 Å². The second-order valence-corrected chi connectivity index (χ2v) is 5.14. The second-order valence-electron chi connectivity index (χ2n) is 4.43. The molecule has 0 aliphatic heterocycles. The molecule has 0 saturated carbocycles. The van der Waals surface area contributed by atoms with E-state index in [1.807, 2.05) is 26.8 Å². The molecule has 0 fully saturated rings. The van der Waals surface area contributed by atoms with Crippen LogP contribution in [0.1, 0.15) is 49.0 Å². The minimum absolute atomic E-state index is 0.0691. The number of halogens is 2. The molecule has 0 saturated heterocycles. The molecular formula is C14H18Cl2O2. The maximum absolute atomic E-state index is 11.9. The molecule has 100 valence electrons. The number of benzene rings is 1. The van der Waals surface area contributed by atoms with Crippen LogP contribution in [0.4, 0.5) is 0 Å².